The number of fused-ring (bicyclic) bond motifs is 1. The number of H-pyrrole nitrogens is 1. The Hall–Kier alpha value is -3.95. The predicted octanol–water partition coefficient (Wildman–Crippen LogP) is 3.85. The topological polar surface area (TPSA) is 73.9 Å². The van der Waals surface area contributed by atoms with Gasteiger partial charge in [-0.05, 0) is 79.4 Å². The summed E-state index contributed by atoms with van der Waals surface area (Å²) in [7, 11) is 0. The molecule has 2 saturated heterocycles. The molecule has 2 N–H and O–H groups in total. The number of hydrogen-bond donors (Lipinski definition) is 2. The Balaban J connectivity index is 1.27. The summed E-state index contributed by atoms with van der Waals surface area (Å²) in [5.41, 5.74) is 5.58. The Morgan fingerprint density at radius 3 is 2.59 bits per heavy atom. The van der Waals surface area contributed by atoms with Crippen molar-refractivity contribution in [3.05, 3.63) is 83.8 Å². The van der Waals surface area contributed by atoms with Crippen molar-refractivity contribution in [3.8, 4) is 23.0 Å². The molecule has 0 saturated carbocycles. The largest absolute Gasteiger partial charge is 0.337 e. The molecular weight excluding hydrogens is 422 g/mol. The lowest BCUT2D eigenvalue weighted by Gasteiger charge is -2.52. The van der Waals surface area contributed by atoms with E-state index in [-0.39, 0.29) is 5.91 Å². The maximum atomic E-state index is 13.1. The number of benzene rings is 2. The highest BCUT2D eigenvalue weighted by molar-refractivity contribution is 5.99. The van der Waals surface area contributed by atoms with E-state index in [1.165, 1.54) is 0 Å². The number of nitrogens with one attached hydrogen (secondary N) is 2. The summed E-state index contributed by atoms with van der Waals surface area (Å²) in [6.45, 7) is 3.81. The third-order valence-corrected chi connectivity index (χ3v) is 7.05. The molecule has 6 rings (SSSR count). The van der Waals surface area contributed by atoms with Gasteiger partial charge >= 0.3 is 0 Å². The molecule has 6 nitrogen and oxygen atoms in total. The van der Waals surface area contributed by atoms with Gasteiger partial charge in [-0.3, -0.25) is 14.9 Å². The number of hydrogen-bond acceptors (Lipinski definition) is 4. The number of rotatable bonds is 2. The molecule has 1 amide bonds. The van der Waals surface area contributed by atoms with Crippen LogP contribution in [-0.2, 0) is 0 Å². The molecule has 4 aromatic rings. The van der Waals surface area contributed by atoms with E-state index in [1.54, 1.807) is 12.4 Å². The van der Waals surface area contributed by atoms with Gasteiger partial charge in [0, 0.05) is 47.4 Å². The minimum Gasteiger partial charge on any atom is -0.337 e. The quantitative estimate of drug-likeness (QED) is 0.458. The SMILES string of the molecule is O=C(c1ccc2[nH]nc(C#Cc3ccccc3-c3ccncc3)c2c1)N1CC2(CCNCC2)C1. The molecule has 168 valence electrons. The van der Waals surface area contributed by atoms with E-state index in [2.05, 4.69) is 38.4 Å². The van der Waals surface area contributed by atoms with Gasteiger partial charge in [0.15, 0.2) is 0 Å². The molecular formula is C28H25N5O. The van der Waals surface area contributed by atoms with E-state index in [1.807, 2.05) is 53.4 Å². The Kier molecular flexibility index (Phi) is 5.12. The van der Waals surface area contributed by atoms with Gasteiger partial charge in [0.2, 0.25) is 0 Å². The summed E-state index contributed by atoms with van der Waals surface area (Å²) >= 11 is 0. The number of piperidine rings is 1. The summed E-state index contributed by atoms with van der Waals surface area (Å²) in [5.74, 6) is 6.60. The first kappa shape index (κ1) is 20.6. The Morgan fingerprint density at radius 2 is 1.76 bits per heavy atom. The average Bonchev–Trinajstić information content (AvgIpc) is 3.29. The van der Waals surface area contributed by atoms with Crippen LogP contribution in [0.2, 0.25) is 0 Å². The van der Waals surface area contributed by atoms with E-state index in [4.69, 9.17) is 0 Å². The summed E-state index contributed by atoms with van der Waals surface area (Å²) in [6.07, 6.45) is 5.87. The fourth-order valence-corrected chi connectivity index (χ4v) is 5.11. The molecule has 4 heterocycles. The van der Waals surface area contributed by atoms with Gasteiger partial charge in [-0.25, -0.2) is 0 Å². The van der Waals surface area contributed by atoms with E-state index >= 15 is 0 Å². The number of aromatic amines is 1. The van der Waals surface area contributed by atoms with Crippen molar-refractivity contribution in [1.82, 2.24) is 25.4 Å². The smallest absolute Gasteiger partial charge is 0.253 e. The second-order valence-corrected chi connectivity index (χ2v) is 9.28. The fraction of sp³-hybridized carbons (Fsp3) is 0.250. The third kappa shape index (κ3) is 3.74. The lowest BCUT2D eigenvalue weighted by atomic mass is 9.72. The number of aromatic nitrogens is 3. The molecule has 2 aliphatic heterocycles. The summed E-state index contributed by atoms with van der Waals surface area (Å²) < 4.78 is 0. The lowest BCUT2D eigenvalue weighted by molar-refractivity contribution is -0.0113. The molecule has 0 bridgehead atoms. The van der Waals surface area contributed by atoms with Crippen LogP contribution in [0.5, 0.6) is 0 Å². The molecule has 0 radical (unpaired) electrons. The minimum atomic E-state index is 0.0919. The predicted molar refractivity (Wildman–Crippen MR) is 132 cm³/mol. The molecule has 2 aromatic heterocycles. The van der Waals surface area contributed by atoms with E-state index in [0.717, 1.165) is 66.6 Å². The number of carbonyl (C=O) groups is 1. The van der Waals surface area contributed by atoms with Crippen LogP contribution in [0.15, 0.2) is 67.0 Å². The third-order valence-electron chi connectivity index (χ3n) is 7.05. The average molecular weight is 448 g/mol. The Morgan fingerprint density at radius 1 is 0.971 bits per heavy atom. The molecule has 2 fully saturated rings. The second kappa shape index (κ2) is 8.44. The summed E-state index contributed by atoms with van der Waals surface area (Å²) in [6, 6.07) is 17.7. The molecule has 0 aliphatic carbocycles. The highest BCUT2D eigenvalue weighted by atomic mass is 16.2. The van der Waals surface area contributed by atoms with Gasteiger partial charge in [-0.2, -0.15) is 5.10 Å². The van der Waals surface area contributed by atoms with Crippen LogP contribution in [0.1, 0.15) is 34.5 Å². The van der Waals surface area contributed by atoms with Crippen LogP contribution in [0.25, 0.3) is 22.0 Å². The normalized spacial score (nSPS) is 16.6. The number of pyridine rings is 1. The number of likely N-dealkylation sites (tertiary alicyclic amines) is 1. The van der Waals surface area contributed by atoms with Crippen molar-refractivity contribution < 1.29 is 4.79 Å². The van der Waals surface area contributed by atoms with Crippen LogP contribution in [-0.4, -0.2) is 52.2 Å². The fourth-order valence-electron chi connectivity index (χ4n) is 5.11. The van der Waals surface area contributed by atoms with Gasteiger partial charge in [-0.1, -0.05) is 24.1 Å². The van der Waals surface area contributed by atoms with Gasteiger partial charge < -0.3 is 10.2 Å². The van der Waals surface area contributed by atoms with E-state index in [9.17, 15) is 4.79 Å². The molecule has 0 atom stereocenters. The van der Waals surface area contributed by atoms with Gasteiger partial charge in [0.05, 0.1) is 5.52 Å². The number of nitrogens with zero attached hydrogens (tertiary/aromatic N) is 3. The standard InChI is InChI=1S/C28H25N5O/c34-27(33-18-28(19-33)11-15-30-16-12-28)22-6-8-26-24(17-22)25(31-32-26)7-5-20-3-1-2-4-23(20)21-9-13-29-14-10-21/h1-4,6,8-10,13-14,17,30H,11-12,15-16,18-19H2,(H,31,32). The van der Waals surface area contributed by atoms with Crippen LogP contribution in [0.4, 0.5) is 0 Å². The van der Waals surface area contributed by atoms with Crippen LogP contribution < -0.4 is 5.32 Å². The van der Waals surface area contributed by atoms with Crippen molar-refractivity contribution in [2.75, 3.05) is 26.2 Å². The van der Waals surface area contributed by atoms with Crippen molar-refractivity contribution in [3.63, 3.8) is 0 Å². The van der Waals surface area contributed by atoms with Crippen molar-refractivity contribution in [1.29, 1.82) is 0 Å². The highest BCUT2D eigenvalue weighted by Gasteiger charge is 2.45. The molecule has 6 heteroatoms. The molecule has 2 aliphatic rings. The highest BCUT2D eigenvalue weighted by Crippen LogP contribution is 2.39. The van der Waals surface area contributed by atoms with Gasteiger partial charge in [-0.15, -0.1) is 0 Å². The summed E-state index contributed by atoms with van der Waals surface area (Å²) in [4.78, 5) is 19.2. The van der Waals surface area contributed by atoms with Gasteiger partial charge in [0.1, 0.15) is 5.69 Å². The molecule has 1 spiro atoms. The number of amides is 1. The Labute approximate surface area is 198 Å². The Bertz CT molecular complexity index is 1420. The monoisotopic (exact) mass is 447 g/mol. The zero-order chi connectivity index (χ0) is 23.0. The molecule has 0 unspecified atom stereocenters. The number of carbonyl (C=O) groups excluding carboxylic acids is 1. The van der Waals surface area contributed by atoms with E-state index < -0.39 is 0 Å². The maximum absolute atomic E-state index is 13.1. The van der Waals surface area contributed by atoms with Crippen LogP contribution in [0.3, 0.4) is 0 Å². The van der Waals surface area contributed by atoms with Crippen LogP contribution in [0, 0.1) is 17.3 Å². The van der Waals surface area contributed by atoms with E-state index in [0.29, 0.717) is 16.7 Å². The van der Waals surface area contributed by atoms with Crippen molar-refractivity contribution >= 4 is 16.8 Å². The maximum Gasteiger partial charge on any atom is 0.253 e. The van der Waals surface area contributed by atoms with Crippen molar-refractivity contribution in [2.24, 2.45) is 5.41 Å². The first-order valence-electron chi connectivity index (χ1n) is 11.7. The second-order valence-electron chi connectivity index (χ2n) is 9.28. The van der Waals surface area contributed by atoms with Gasteiger partial charge in [0.25, 0.3) is 5.91 Å². The summed E-state index contributed by atoms with van der Waals surface area (Å²) in [5, 5.41) is 11.8. The van der Waals surface area contributed by atoms with Crippen LogP contribution >= 0.6 is 0 Å². The zero-order valence-electron chi connectivity index (χ0n) is 18.8. The first-order chi connectivity index (χ1) is 16.7. The first-order valence-corrected chi connectivity index (χ1v) is 11.7. The molecule has 34 heavy (non-hydrogen) atoms. The zero-order valence-corrected chi connectivity index (χ0v) is 18.8. The molecule has 2 aromatic carbocycles. The van der Waals surface area contributed by atoms with Crippen molar-refractivity contribution in [2.45, 2.75) is 12.8 Å². The minimum absolute atomic E-state index is 0.0919. The lowest BCUT2D eigenvalue weighted by Crippen LogP contribution is -2.61.